The van der Waals surface area contributed by atoms with E-state index in [2.05, 4.69) is 46.5 Å². The highest BCUT2D eigenvalue weighted by Crippen LogP contribution is 2.37. The molecule has 7 aromatic rings. The first-order valence-corrected chi connectivity index (χ1v) is 29.6. The van der Waals surface area contributed by atoms with Crippen molar-refractivity contribution in [2.24, 2.45) is 5.92 Å². The van der Waals surface area contributed by atoms with Gasteiger partial charge in [-0.15, -0.1) is 0 Å². The monoisotopic (exact) mass is 1180 g/mol. The van der Waals surface area contributed by atoms with E-state index in [0.29, 0.717) is 100.0 Å². The first-order valence-electron chi connectivity index (χ1n) is 27.7. The van der Waals surface area contributed by atoms with Crippen LogP contribution in [0.2, 0.25) is 5.02 Å². The number of anilines is 3. The molecule has 3 fully saturated rings. The highest BCUT2D eigenvalue weighted by atomic mass is 35.5. The normalized spacial score (nSPS) is 16.8. The molecular formula is C60H61ClN10O12S. The number of halogens is 1. The Labute approximate surface area is 488 Å². The van der Waals surface area contributed by atoms with Crippen LogP contribution >= 0.6 is 11.6 Å². The maximum absolute atomic E-state index is 14.1. The highest BCUT2D eigenvalue weighted by molar-refractivity contribution is 7.90. The molecule has 0 bridgehead atoms. The molecule has 4 aliphatic heterocycles. The molecule has 0 spiro atoms. The molecule has 22 nitrogen and oxygen atoms in total. The van der Waals surface area contributed by atoms with E-state index >= 15 is 0 Å². The Morgan fingerprint density at radius 1 is 0.845 bits per heavy atom. The number of aromatic amines is 1. The van der Waals surface area contributed by atoms with Gasteiger partial charge in [-0.1, -0.05) is 41.9 Å². The Morgan fingerprint density at radius 3 is 2.44 bits per heavy atom. The van der Waals surface area contributed by atoms with Crippen molar-refractivity contribution in [2.45, 2.75) is 49.7 Å². The molecule has 0 radical (unpaired) electrons. The minimum absolute atomic E-state index is 0.0639. The van der Waals surface area contributed by atoms with Gasteiger partial charge in [-0.2, -0.15) is 0 Å². The average Bonchev–Trinajstić information content (AvgIpc) is 3.40. The largest absolute Gasteiger partial charge is 0.491 e. The summed E-state index contributed by atoms with van der Waals surface area (Å²) in [4.78, 5) is 76.4. The molecule has 11 rings (SSSR count). The summed E-state index contributed by atoms with van der Waals surface area (Å²) in [5.41, 5.74) is 6.01. The molecule has 5 N–H and O–H groups in total. The Balaban J connectivity index is 0.739. The van der Waals surface area contributed by atoms with Crippen molar-refractivity contribution < 1.29 is 51.5 Å². The van der Waals surface area contributed by atoms with E-state index in [0.717, 1.165) is 57.9 Å². The second-order valence-electron chi connectivity index (χ2n) is 20.8. The summed E-state index contributed by atoms with van der Waals surface area (Å²) in [7, 11) is -4.63. The Morgan fingerprint density at radius 2 is 1.64 bits per heavy atom. The van der Waals surface area contributed by atoms with Gasteiger partial charge in [0.05, 0.1) is 34.8 Å². The first-order chi connectivity index (χ1) is 40.7. The van der Waals surface area contributed by atoms with Gasteiger partial charge in [-0.3, -0.25) is 39.5 Å². The van der Waals surface area contributed by atoms with E-state index in [9.17, 15) is 37.7 Å². The molecule has 0 saturated carbocycles. The molecule has 3 saturated heterocycles. The van der Waals surface area contributed by atoms with Crippen molar-refractivity contribution >= 4 is 79.0 Å². The maximum atomic E-state index is 14.1. The van der Waals surface area contributed by atoms with E-state index in [1.54, 1.807) is 36.5 Å². The fourth-order valence-corrected chi connectivity index (χ4v) is 12.1. The third kappa shape index (κ3) is 13.1. The molecule has 436 valence electrons. The number of benzene rings is 5. The number of amides is 4. The van der Waals surface area contributed by atoms with E-state index < -0.39 is 43.4 Å². The fraction of sp³-hybridized carbons (Fsp3) is 0.317. The number of hydrogen-bond donors (Lipinski definition) is 5. The maximum Gasteiger partial charge on any atom is 0.293 e. The zero-order valence-corrected chi connectivity index (χ0v) is 47.2. The number of aromatic nitrogens is 2. The summed E-state index contributed by atoms with van der Waals surface area (Å²) in [6, 6.07) is 30.4. The molecule has 0 aliphatic carbocycles. The van der Waals surface area contributed by atoms with Crippen molar-refractivity contribution in [3.63, 3.8) is 0 Å². The van der Waals surface area contributed by atoms with E-state index in [-0.39, 0.29) is 60.7 Å². The number of hydrogen-bond acceptors (Lipinski definition) is 17. The smallest absolute Gasteiger partial charge is 0.293 e. The number of carbonyl (C=O) groups is 4. The lowest BCUT2D eigenvalue weighted by atomic mass is 9.98. The number of ether oxygens (including phenoxy) is 4. The highest BCUT2D eigenvalue weighted by Gasteiger charge is 2.40. The summed E-state index contributed by atoms with van der Waals surface area (Å²) in [5, 5.41) is 22.4. The number of sulfonamides is 1. The zero-order chi connectivity index (χ0) is 58.3. The molecule has 5 aromatic carbocycles. The van der Waals surface area contributed by atoms with Crippen LogP contribution in [-0.2, 0) is 42.2 Å². The Bertz CT molecular complexity index is 3740. The number of imide groups is 1. The van der Waals surface area contributed by atoms with Crippen LogP contribution in [0.1, 0.15) is 57.5 Å². The number of nitrogens with one attached hydrogen (secondary N) is 5. The number of piperazine rings is 1. The second-order valence-corrected chi connectivity index (χ2v) is 23.0. The van der Waals surface area contributed by atoms with Crippen LogP contribution in [0.3, 0.4) is 0 Å². The summed E-state index contributed by atoms with van der Waals surface area (Å²) in [6.07, 6.45) is 5.30. The van der Waals surface area contributed by atoms with Crippen LogP contribution in [0, 0.1) is 16.0 Å². The summed E-state index contributed by atoms with van der Waals surface area (Å²) < 4.78 is 54.0. The molecule has 2 aromatic heterocycles. The van der Waals surface area contributed by atoms with Crippen LogP contribution < -0.4 is 35.0 Å². The third-order valence-electron chi connectivity index (χ3n) is 15.5. The van der Waals surface area contributed by atoms with E-state index in [4.69, 9.17) is 30.5 Å². The molecule has 6 heterocycles. The number of nitro benzene ring substituents is 1. The Hall–Kier alpha value is -8.61. The van der Waals surface area contributed by atoms with Gasteiger partial charge in [0.15, 0.2) is 0 Å². The second kappa shape index (κ2) is 25.5. The summed E-state index contributed by atoms with van der Waals surface area (Å²) >= 11 is 6.33. The Kier molecular flexibility index (Phi) is 17.4. The topological polar surface area (TPSA) is 269 Å². The molecule has 84 heavy (non-hydrogen) atoms. The number of H-pyrrole nitrogens is 1. The van der Waals surface area contributed by atoms with Gasteiger partial charge < -0.3 is 44.4 Å². The van der Waals surface area contributed by atoms with Gasteiger partial charge in [0, 0.05) is 129 Å². The molecule has 4 amide bonds. The van der Waals surface area contributed by atoms with E-state index in [1.807, 2.05) is 48.5 Å². The van der Waals surface area contributed by atoms with Gasteiger partial charge in [0.25, 0.3) is 27.5 Å². The van der Waals surface area contributed by atoms with Crippen LogP contribution in [0.25, 0.3) is 22.2 Å². The van der Waals surface area contributed by atoms with Gasteiger partial charge in [-0.05, 0) is 103 Å². The average molecular weight is 1180 g/mol. The van der Waals surface area contributed by atoms with Crippen molar-refractivity contribution in [1.82, 2.24) is 29.8 Å². The lowest BCUT2D eigenvalue weighted by molar-refractivity contribution is -0.384. The number of pyridine rings is 1. The number of nitrogens with zero attached hydrogens (tertiary/aromatic N) is 5. The standard InChI is InChI=1S/C60H61ClN10O12S/c61-41-9-7-39(8-10-41)45-3-2-6-54(82-30-29-81-28-21-62-50-5-1-4-46-48(50)37-70(60(46)75)52-15-16-56(72)66-59(52)74)49(45)36-68-22-24-69(25-23-68)42-11-13-47(55(32-42)83-43-31-40-17-20-63-57(40)65-35-43)58(73)67-84(78,79)44-12-14-51(53(33-44)71(76)77)64-34-38-18-26-80-27-19-38/h1-14,17,20,31-33,35,38,52,62,64H,15-16,18-19,21-30,34,36-37H2,(H,63,65)(H,67,73)(H,66,72,74). The minimum Gasteiger partial charge on any atom is -0.491 e. The number of piperidine rings is 1. The van der Waals surface area contributed by atoms with Gasteiger partial charge in [0.1, 0.15) is 41.2 Å². The van der Waals surface area contributed by atoms with Crippen molar-refractivity contribution in [3.8, 4) is 28.4 Å². The molecule has 1 atom stereocenters. The lowest BCUT2D eigenvalue weighted by Gasteiger charge is -2.37. The van der Waals surface area contributed by atoms with Crippen LogP contribution in [-0.4, -0.2) is 135 Å². The molecular weight excluding hydrogens is 1120 g/mol. The van der Waals surface area contributed by atoms with Crippen LogP contribution in [0.5, 0.6) is 17.2 Å². The first kappa shape index (κ1) is 57.2. The fourth-order valence-electron chi connectivity index (χ4n) is 11.0. The van der Waals surface area contributed by atoms with E-state index in [1.165, 1.54) is 29.3 Å². The molecule has 4 aliphatic rings. The summed E-state index contributed by atoms with van der Waals surface area (Å²) in [6.45, 7) is 6.27. The predicted octanol–water partition coefficient (Wildman–Crippen LogP) is 8.13. The number of rotatable bonds is 22. The number of carbonyl (C=O) groups excluding carboxylic acids is 4. The van der Waals surface area contributed by atoms with Crippen LogP contribution in [0.4, 0.5) is 22.7 Å². The zero-order valence-electron chi connectivity index (χ0n) is 45.6. The van der Waals surface area contributed by atoms with Crippen molar-refractivity contribution in [2.75, 3.05) is 87.8 Å². The minimum atomic E-state index is -4.63. The molecule has 1 unspecified atom stereocenters. The van der Waals surface area contributed by atoms with Gasteiger partial charge >= 0.3 is 0 Å². The van der Waals surface area contributed by atoms with Gasteiger partial charge in [0.2, 0.25) is 11.8 Å². The quantitative estimate of drug-likeness (QED) is 0.0185. The van der Waals surface area contributed by atoms with Gasteiger partial charge in [-0.25, -0.2) is 18.1 Å². The third-order valence-corrected chi connectivity index (χ3v) is 17.1. The van der Waals surface area contributed by atoms with Crippen molar-refractivity contribution in [1.29, 1.82) is 0 Å². The van der Waals surface area contributed by atoms with Crippen LogP contribution in [0.15, 0.2) is 126 Å². The predicted molar refractivity (Wildman–Crippen MR) is 314 cm³/mol. The lowest BCUT2D eigenvalue weighted by Crippen LogP contribution is -2.52. The number of nitro groups is 1. The molecule has 24 heteroatoms. The van der Waals surface area contributed by atoms with Crippen molar-refractivity contribution in [3.05, 3.63) is 159 Å². The summed E-state index contributed by atoms with van der Waals surface area (Å²) in [5.74, 6) is -0.720. The number of fused-ring (bicyclic) bond motifs is 2. The SMILES string of the molecule is O=C1CCC(N2Cc3c(NCCOCCOc4cccc(-c5ccc(Cl)cc5)c4CN4CCN(c5ccc(C(=O)NS(=O)(=O)c6ccc(NCC7CCOCC7)c([N+](=O)[O-])c6)c(Oc6cnc7[nH]ccc7c6)c5)CC4)cccc3C2=O)C(=O)N1.